The molecular formula is C22H31Cl2N3O2. The van der Waals surface area contributed by atoms with Crippen molar-refractivity contribution in [3.63, 3.8) is 0 Å². The standard InChI is InChI=1S/C22H31Cl2N3O2/c23-20-14-17(15-21(24)22(20)25)13-19(28)16-26-9-4-1-2-6-11-29-12-8-18-7-3-5-10-27-18/h3,5,7,10,14-15,19,26,28H,1-2,4,6,8-9,11-13,16,25H2. The Morgan fingerprint density at radius 1 is 1.07 bits per heavy atom. The van der Waals surface area contributed by atoms with Gasteiger partial charge in [0.25, 0.3) is 0 Å². The first kappa shape index (κ1) is 23.9. The van der Waals surface area contributed by atoms with Crippen molar-refractivity contribution in [3.8, 4) is 0 Å². The maximum Gasteiger partial charge on any atom is 0.0704 e. The molecule has 1 heterocycles. The van der Waals surface area contributed by atoms with Gasteiger partial charge < -0.3 is 20.9 Å². The van der Waals surface area contributed by atoms with E-state index in [0.29, 0.717) is 28.7 Å². The van der Waals surface area contributed by atoms with Gasteiger partial charge in [-0.1, -0.05) is 42.1 Å². The van der Waals surface area contributed by atoms with Crippen molar-refractivity contribution in [2.45, 2.75) is 44.6 Å². The fourth-order valence-corrected chi connectivity index (χ4v) is 3.53. The molecule has 1 aromatic heterocycles. The van der Waals surface area contributed by atoms with Gasteiger partial charge in [-0.05, 0) is 55.6 Å². The van der Waals surface area contributed by atoms with E-state index in [4.69, 9.17) is 33.7 Å². The number of aromatic nitrogens is 1. The minimum Gasteiger partial charge on any atom is -0.396 e. The number of halogens is 2. The van der Waals surface area contributed by atoms with Gasteiger partial charge in [-0.25, -0.2) is 0 Å². The van der Waals surface area contributed by atoms with Crippen molar-refractivity contribution in [2.24, 2.45) is 0 Å². The van der Waals surface area contributed by atoms with Crippen molar-refractivity contribution >= 4 is 28.9 Å². The zero-order valence-corrected chi connectivity index (χ0v) is 18.3. The van der Waals surface area contributed by atoms with Gasteiger partial charge in [0.15, 0.2) is 0 Å². The average Bonchev–Trinajstić information content (AvgIpc) is 2.71. The summed E-state index contributed by atoms with van der Waals surface area (Å²) < 4.78 is 5.66. The second-order valence-electron chi connectivity index (χ2n) is 7.13. The molecule has 29 heavy (non-hydrogen) atoms. The number of pyridine rings is 1. The van der Waals surface area contributed by atoms with E-state index in [-0.39, 0.29) is 0 Å². The van der Waals surface area contributed by atoms with Crippen molar-refractivity contribution in [1.82, 2.24) is 10.3 Å². The van der Waals surface area contributed by atoms with Gasteiger partial charge in [-0.15, -0.1) is 0 Å². The lowest BCUT2D eigenvalue weighted by molar-refractivity contribution is 0.132. The Kier molecular flexibility index (Phi) is 11.4. The molecule has 2 aromatic rings. The van der Waals surface area contributed by atoms with Gasteiger partial charge >= 0.3 is 0 Å². The highest BCUT2D eigenvalue weighted by molar-refractivity contribution is 6.38. The number of unbranched alkanes of at least 4 members (excludes halogenated alkanes) is 3. The lowest BCUT2D eigenvalue weighted by Crippen LogP contribution is -2.29. The van der Waals surface area contributed by atoms with Crippen LogP contribution in [0.5, 0.6) is 0 Å². The van der Waals surface area contributed by atoms with E-state index in [1.807, 2.05) is 24.4 Å². The summed E-state index contributed by atoms with van der Waals surface area (Å²) in [6.45, 7) is 2.95. The average molecular weight is 440 g/mol. The molecule has 0 spiro atoms. The number of nitrogens with two attached hydrogens (primary N) is 1. The van der Waals surface area contributed by atoms with Gasteiger partial charge in [-0.3, -0.25) is 4.98 Å². The Hall–Kier alpha value is -1.37. The number of aliphatic hydroxyl groups is 1. The van der Waals surface area contributed by atoms with Crippen LogP contribution >= 0.6 is 23.2 Å². The Labute approximate surface area is 183 Å². The number of anilines is 1. The third kappa shape index (κ3) is 9.79. The normalized spacial score (nSPS) is 12.2. The highest BCUT2D eigenvalue weighted by atomic mass is 35.5. The van der Waals surface area contributed by atoms with Crippen LogP contribution in [0.4, 0.5) is 5.69 Å². The number of benzene rings is 1. The summed E-state index contributed by atoms with van der Waals surface area (Å²) in [7, 11) is 0. The predicted molar refractivity (Wildman–Crippen MR) is 121 cm³/mol. The van der Waals surface area contributed by atoms with Crippen LogP contribution in [0.2, 0.25) is 10.0 Å². The Bertz CT molecular complexity index is 693. The molecule has 4 N–H and O–H groups in total. The molecule has 0 saturated heterocycles. The molecule has 160 valence electrons. The van der Waals surface area contributed by atoms with E-state index in [1.165, 1.54) is 0 Å². The SMILES string of the molecule is Nc1c(Cl)cc(CC(O)CNCCCCCCOCCc2ccccn2)cc1Cl. The number of rotatable bonds is 14. The number of aliphatic hydroxyl groups excluding tert-OH is 1. The van der Waals surface area contributed by atoms with Gasteiger partial charge in [0.2, 0.25) is 0 Å². The van der Waals surface area contributed by atoms with E-state index in [0.717, 1.165) is 63.1 Å². The molecular weight excluding hydrogens is 409 g/mol. The molecule has 0 aliphatic carbocycles. The largest absolute Gasteiger partial charge is 0.396 e. The number of ether oxygens (including phenoxy) is 1. The zero-order chi connectivity index (χ0) is 20.9. The third-order valence-electron chi connectivity index (χ3n) is 4.61. The van der Waals surface area contributed by atoms with Crippen molar-refractivity contribution in [1.29, 1.82) is 0 Å². The first-order chi connectivity index (χ1) is 14.1. The molecule has 0 radical (unpaired) electrons. The van der Waals surface area contributed by atoms with Crippen LogP contribution in [0, 0.1) is 0 Å². The van der Waals surface area contributed by atoms with Crippen LogP contribution in [-0.2, 0) is 17.6 Å². The molecule has 7 heteroatoms. The second kappa shape index (κ2) is 13.8. The number of nitrogens with one attached hydrogen (secondary N) is 1. The van der Waals surface area contributed by atoms with Gasteiger partial charge in [0.1, 0.15) is 0 Å². The lowest BCUT2D eigenvalue weighted by Gasteiger charge is -2.13. The van der Waals surface area contributed by atoms with Gasteiger partial charge in [-0.2, -0.15) is 0 Å². The molecule has 0 aliphatic rings. The molecule has 0 fully saturated rings. The van der Waals surface area contributed by atoms with Crippen LogP contribution in [0.1, 0.15) is 36.9 Å². The smallest absolute Gasteiger partial charge is 0.0704 e. The number of hydrogen-bond donors (Lipinski definition) is 3. The first-order valence-corrected chi connectivity index (χ1v) is 10.9. The third-order valence-corrected chi connectivity index (χ3v) is 5.24. The second-order valence-corrected chi connectivity index (χ2v) is 7.95. The summed E-state index contributed by atoms with van der Waals surface area (Å²) >= 11 is 12.1. The predicted octanol–water partition coefficient (Wildman–Crippen LogP) is 4.28. The number of nitrogen functional groups attached to an aromatic ring is 1. The van der Waals surface area contributed by atoms with Crippen molar-refractivity contribution in [3.05, 3.63) is 57.8 Å². The van der Waals surface area contributed by atoms with Crippen LogP contribution in [0.3, 0.4) is 0 Å². The fraction of sp³-hybridized carbons (Fsp3) is 0.500. The first-order valence-electron chi connectivity index (χ1n) is 10.2. The van der Waals surface area contributed by atoms with Crippen molar-refractivity contribution in [2.75, 3.05) is 32.0 Å². The topological polar surface area (TPSA) is 80.4 Å². The summed E-state index contributed by atoms with van der Waals surface area (Å²) in [5.74, 6) is 0. The molecule has 0 amide bonds. The molecule has 1 aromatic carbocycles. The van der Waals surface area contributed by atoms with E-state index < -0.39 is 6.10 Å². The zero-order valence-electron chi connectivity index (χ0n) is 16.7. The Morgan fingerprint density at radius 3 is 2.55 bits per heavy atom. The van der Waals surface area contributed by atoms with Gasteiger partial charge in [0, 0.05) is 31.5 Å². The van der Waals surface area contributed by atoms with E-state index in [1.54, 1.807) is 12.1 Å². The fourth-order valence-electron chi connectivity index (χ4n) is 3.00. The van der Waals surface area contributed by atoms with Crippen LogP contribution in [-0.4, -0.2) is 42.5 Å². The molecule has 5 nitrogen and oxygen atoms in total. The van der Waals surface area contributed by atoms with E-state index in [2.05, 4.69) is 10.3 Å². The van der Waals surface area contributed by atoms with Crippen molar-refractivity contribution < 1.29 is 9.84 Å². The summed E-state index contributed by atoms with van der Waals surface area (Å²) in [5.41, 5.74) is 8.06. The van der Waals surface area contributed by atoms with E-state index in [9.17, 15) is 5.11 Å². The maximum atomic E-state index is 10.2. The number of nitrogens with zero attached hydrogens (tertiary/aromatic N) is 1. The van der Waals surface area contributed by atoms with E-state index >= 15 is 0 Å². The highest BCUT2D eigenvalue weighted by Crippen LogP contribution is 2.29. The summed E-state index contributed by atoms with van der Waals surface area (Å²) in [6.07, 6.45) is 7.13. The number of hydrogen-bond acceptors (Lipinski definition) is 5. The monoisotopic (exact) mass is 439 g/mol. The lowest BCUT2D eigenvalue weighted by atomic mass is 10.1. The molecule has 0 aliphatic heterocycles. The Morgan fingerprint density at radius 2 is 1.83 bits per heavy atom. The molecule has 0 bridgehead atoms. The molecule has 1 atom stereocenters. The molecule has 0 saturated carbocycles. The summed E-state index contributed by atoms with van der Waals surface area (Å²) in [6, 6.07) is 9.45. The van der Waals surface area contributed by atoms with Crippen LogP contribution in [0.15, 0.2) is 36.5 Å². The molecule has 1 unspecified atom stereocenters. The highest BCUT2D eigenvalue weighted by Gasteiger charge is 2.09. The van der Waals surface area contributed by atoms with Gasteiger partial charge in [0.05, 0.1) is 28.4 Å². The van der Waals surface area contributed by atoms with Crippen LogP contribution < -0.4 is 11.1 Å². The summed E-state index contributed by atoms with van der Waals surface area (Å²) in [5, 5.41) is 14.3. The minimum atomic E-state index is -0.488. The molecule has 2 rings (SSSR count). The minimum absolute atomic E-state index is 0.378. The van der Waals surface area contributed by atoms with Crippen LogP contribution in [0.25, 0.3) is 0 Å². The maximum absolute atomic E-state index is 10.2. The Balaban J connectivity index is 1.42. The quantitative estimate of drug-likeness (QED) is 0.302. The summed E-state index contributed by atoms with van der Waals surface area (Å²) in [4.78, 5) is 4.28.